The van der Waals surface area contributed by atoms with Crippen LogP contribution >= 0.6 is 11.8 Å². The second kappa shape index (κ2) is 3.23. The van der Waals surface area contributed by atoms with E-state index in [9.17, 15) is 4.79 Å². The molecule has 3 nitrogen and oxygen atoms in total. The van der Waals surface area contributed by atoms with Gasteiger partial charge in [-0.05, 0) is 31.4 Å². The monoisotopic (exact) mass is 235 g/mol. The van der Waals surface area contributed by atoms with E-state index in [1.807, 2.05) is 24.4 Å². The summed E-state index contributed by atoms with van der Waals surface area (Å²) >= 11 is 1.81. The lowest BCUT2D eigenvalue weighted by atomic mass is 9.43. The topological polar surface area (TPSA) is 39.2 Å². The number of nitrogens with zero attached hydrogens (tertiary/aromatic N) is 1. The van der Waals surface area contributed by atoms with Crippen LogP contribution in [0.25, 0.3) is 0 Å². The largest absolute Gasteiger partial charge is 0.469 e. The molecule has 4 heteroatoms. The molecule has 0 N–H and O–H groups in total. The lowest BCUT2D eigenvalue weighted by Crippen LogP contribution is -2.68. The quantitative estimate of drug-likeness (QED) is 0.753. The molecular formula is C12H13NO2S. The zero-order chi connectivity index (χ0) is 11.2. The number of pyridine rings is 1. The Morgan fingerprint density at radius 1 is 1.44 bits per heavy atom. The van der Waals surface area contributed by atoms with Crippen LogP contribution < -0.4 is 0 Å². The predicted octanol–water partition coefficient (Wildman–Crippen LogP) is 2.27. The summed E-state index contributed by atoms with van der Waals surface area (Å²) in [7, 11) is 1.47. The molecule has 0 atom stereocenters. The molecule has 3 fully saturated rings. The highest BCUT2D eigenvalue weighted by atomic mass is 32.2. The summed E-state index contributed by atoms with van der Waals surface area (Å²) in [6.07, 6.45) is 4.67. The Morgan fingerprint density at radius 2 is 2.19 bits per heavy atom. The van der Waals surface area contributed by atoms with Crippen LogP contribution in [0.3, 0.4) is 0 Å². The maximum Gasteiger partial charge on any atom is 0.311 e. The van der Waals surface area contributed by atoms with Crippen LogP contribution in [0.5, 0.6) is 0 Å². The van der Waals surface area contributed by atoms with Crippen LogP contribution in [0.4, 0.5) is 0 Å². The van der Waals surface area contributed by atoms with E-state index in [0.29, 0.717) is 0 Å². The van der Waals surface area contributed by atoms with E-state index in [4.69, 9.17) is 4.74 Å². The minimum Gasteiger partial charge on any atom is -0.469 e. The number of esters is 1. The first kappa shape index (κ1) is 10.1. The van der Waals surface area contributed by atoms with Crippen molar-refractivity contribution in [1.82, 2.24) is 4.98 Å². The lowest BCUT2D eigenvalue weighted by Gasteiger charge is -2.67. The number of ether oxygens (including phenoxy) is 1. The molecule has 0 amide bonds. The maximum atomic E-state index is 11.5. The molecule has 0 saturated heterocycles. The van der Waals surface area contributed by atoms with Gasteiger partial charge < -0.3 is 4.74 Å². The second-order valence-electron chi connectivity index (χ2n) is 4.76. The summed E-state index contributed by atoms with van der Waals surface area (Å²) in [4.78, 5) is 15.8. The molecule has 1 heterocycles. The molecule has 2 bridgehead atoms. The fraction of sp³-hybridized carbons (Fsp3) is 0.500. The Hall–Kier alpha value is -1.03. The van der Waals surface area contributed by atoms with E-state index in [2.05, 4.69) is 4.98 Å². The smallest absolute Gasteiger partial charge is 0.311 e. The van der Waals surface area contributed by atoms with Gasteiger partial charge in [-0.1, -0.05) is 17.8 Å². The van der Waals surface area contributed by atoms with Gasteiger partial charge in [0.05, 0.1) is 17.6 Å². The lowest BCUT2D eigenvalue weighted by molar-refractivity contribution is -0.180. The molecule has 0 aromatic carbocycles. The molecule has 3 aliphatic rings. The number of hydrogen-bond acceptors (Lipinski definition) is 4. The molecule has 16 heavy (non-hydrogen) atoms. The van der Waals surface area contributed by atoms with Gasteiger partial charge in [0.25, 0.3) is 0 Å². The van der Waals surface area contributed by atoms with Gasteiger partial charge in [-0.15, -0.1) is 0 Å². The van der Waals surface area contributed by atoms with Gasteiger partial charge >= 0.3 is 5.97 Å². The zero-order valence-electron chi connectivity index (χ0n) is 9.10. The normalized spacial score (nSPS) is 34.8. The van der Waals surface area contributed by atoms with Crippen molar-refractivity contribution >= 4 is 17.7 Å². The van der Waals surface area contributed by atoms with Crippen LogP contribution in [-0.2, 0) is 9.53 Å². The number of carbonyl (C=O) groups excluding carboxylic acids is 1. The van der Waals surface area contributed by atoms with Gasteiger partial charge in [0.1, 0.15) is 0 Å². The molecule has 0 radical (unpaired) electrons. The minimum absolute atomic E-state index is 0.0315. The van der Waals surface area contributed by atoms with Crippen LogP contribution in [0, 0.1) is 5.41 Å². The average molecular weight is 235 g/mol. The maximum absolute atomic E-state index is 11.5. The van der Waals surface area contributed by atoms with Crippen molar-refractivity contribution in [3.05, 3.63) is 24.4 Å². The third-order valence-electron chi connectivity index (χ3n) is 3.56. The highest BCUT2D eigenvalue weighted by Crippen LogP contribution is 2.74. The second-order valence-corrected chi connectivity index (χ2v) is 6.24. The van der Waals surface area contributed by atoms with Crippen molar-refractivity contribution < 1.29 is 9.53 Å². The van der Waals surface area contributed by atoms with Gasteiger partial charge in [-0.3, -0.25) is 4.79 Å². The Kier molecular flexibility index (Phi) is 2.05. The highest BCUT2D eigenvalue weighted by molar-refractivity contribution is 8.00. The molecule has 1 aromatic rings. The van der Waals surface area contributed by atoms with E-state index < -0.39 is 0 Å². The number of hydrogen-bond donors (Lipinski definition) is 0. The van der Waals surface area contributed by atoms with E-state index >= 15 is 0 Å². The predicted molar refractivity (Wildman–Crippen MR) is 61.1 cm³/mol. The summed E-state index contributed by atoms with van der Waals surface area (Å²) in [5, 5.41) is 1.06. The number of methoxy groups -OCH3 is 1. The number of aromatic nitrogens is 1. The van der Waals surface area contributed by atoms with Crippen LogP contribution in [-0.4, -0.2) is 22.8 Å². The first-order valence-electron chi connectivity index (χ1n) is 5.37. The fourth-order valence-corrected chi connectivity index (χ4v) is 4.61. The number of rotatable bonds is 3. The first-order chi connectivity index (χ1) is 7.68. The molecule has 84 valence electrons. The van der Waals surface area contributed by atoms with Crippen LogP contribution in [0.2, 0.25) is 0 Å². The van der Waals surface area contributed by atoms with Gasteiger partial charge in [0.2, 0.25) is 0 Å². The van der Waals surface area contributed by atoms with Gasteiger partial charge in [0, 0.05) is 10.9 Å². The summed E-state index contributed by atoms with van der Waals surface area (Å²) < 4.78 is 5.09. The van der Waals surface area contributed by atoms with Crippen LogP contribution in [0.1, 0.15) is 19.3 Å². The molecule has 3 saturated carbocycles. The number of thioether (sulfide) groups is 1. The van der Waals surface area contributed by atoms with Crippen molar-refractivity contribution in [2.24, 2.45) is 5.41 Å². The molecular weight excluding hydrogens is 222 g/mol. The summed E-state index contributed by atoms with van der Waals surface area (Å²) in [5.74, 6) is -0.0315. The molecule has 1 aromatic heterocycles. The third kappa shape index (κ3) is 1.29. The minimum atomic E-state index is -0.142. The Labute approximate surface area is 98.6 Å². The summed E-state index contributed by atoms with van der Waals surface area (Å²) in [5.41, 5.74) is -0.142. The van der Waals surface area contributed by atoms with Gasteiger partial charge in [-0.25, -0.2) is 4.98 Å². The molecule has 0 spiro atoms. The number of carbonyl (C=O) groups is 1. The zero-order valence-corrected chi connectivity index (χ0v) is 9.92. The summed E-state index contributed by atoms with van der Waals surface area (Å²) in [6, 6.07) is 5.94. The van der Waals surface area contributed by atoms with Crippen LogP contribution in [0.15, 0.2) is 29.4 Å². The fourth-order valence-electron chi connectivity index (χ4n) is 2.87. The van der Waals surface area contributed by atoms with E-state index in [0.717, 1.165) is 24.3 Å². The Balaban J connectivity index is 1.64. The molecule has 0 aliphatic heterocycles. The Morgan fingerprint density at radius 3 is 2.75 bits per heavy atom. The summed E-state index contributed by atoms with van der Waals surface area (Å²) in [6.45, 7) is 0. The first-order valence-corrected chi connectivity index (χ1v) is 6.18. The highest BCUT2D eigenvalue weighted by Gasteiger charge is 2.72. The standard InChI is InChI=1S/C12H13NO2S/c1-15-10(14)11-6-12(7-11,8-11)16-9-4-2-3-5-13-9/h2-5H,6-8H2,1H3. The third-order valence-corrected chi connectivity index (χ3v) is 4.88. The van der Waals surface area contributed by atoms with E-state index in [-0.39, 0.29) is 16.1 Å². The van der Waals surface area contributed by atoms with Crippen molar-refractivity contribution in [2.45, 2.75) is 29.0 Å². The van der Waals surface area contributed by atoms with Crippen molar-refractivity contribution in [2.75, 3.05) is 7.11 Å². The van der Waals surface area contributed by atoms with E-state index in [1.54, 1.807) is 11.8 Å². The van der Waals surface area contributed by atoms with Gasteiger partial charge in [-0.2, -0.15) is 0 Å². The average Bonchev–Trinajstić information content (AvgIpc) is 2.22. The molecule has 0 unspecified atom stereocenters. The van der Waals surface area contributed by atoms with Gasteiger partial charge in [0.15, 0.2) is 0 Å². The Bertz CT molecular complexity index is 412. The van der Waals surface area contributed by atoms with Crippen molar-refractivity contribution in [3.63, 3.8) is 0 Å². The van der Waals surface area contributed by atoms with Crippen molar-refractivity contribution in [3.8, 4) is 0 Å². The molecule has 3 aliphatic carbocycles. The van der Waals surface area contributed by atoms with Crippen molar-refractivity contribution in [1.29, 1.82) is 0 Å². The van der Waals surface area contributed by atoms with E-state index in [1.165, 1.54) is 7.11 Å². The molecule has 4 rings (SSSR count). The SMILES string of the molecule is COC(=O)C12CC(Sc3ccccn3)(C1)C2.